The maximum Gasteiger partial charge on any atom is 0.212 e. The van der Waals surface area contributed by atoms with Crippen molar-refractivity contribution in [2.24, 2.45) is 5.92 Å². The average Bonchev–Trinajstić information content (AvgIpc) is 2.46. The van der Waals surface area contributed by atoms with E-state index >= 15 is 0 Å². The van der Waals surface area contributed by atoms with Crippen LogP contribution in [-0.4, -0.2) is 14.2 Å². The first-order valence-electron chi connectivity index (χ1n) is 7.16. The number of rotatable bonds is 5. The van der Waals surface area contributed by atoms with Crippen LogP contribution in [0.3, 0.4) is 0 Å². The summed E-state index contributed by atoms with van der Waals surface area (Å²) in [6, 6.07) is 5.88. The van der Waals surface area contributed by atoms with Gasteiger partial charge in [0.05, 0.1) is 17.4 Å². The SMILES string of the molecule is N#Cc1ccc(CNS(=O)(=O)CC2CCCCC2)c(F)c1. The van der Waals surface area contributed by atoms with Gasteiger partial charge in [0.15, 0.2) is 0 Å². The summed E-state index contributed by atoms with van der Waals surface area (Å²) in [6.45, 7) is -0.0768. The predicted octanol–water partition coefficient (Wildman–Crippen LogP) is 2.70. The first-order chi connectivity index (χ1) is 10.00. The minimum Gasteiger partial charge on any atom is -0.212 e. The molecule has 1 fully saturated rings. The Bertz CT molecular complexity index is 632. The molecule has 0 heterocycles. The Hall–Kier alpha value is -1.45. The third-order valence-corrected chi connectivity index (χ3v) is 5.34. The molecule has 2 rings (SSSR count). The van der Waals surface area contributed by atoms with Crippen LogP contribution in [0.1, 0.15) is 43.2 Å². The highest BCUT2D eigenvalue weighted by Gasteiger charge is 2.21. The highest BCUT2D eigenvalue weighted by molar-refractivity contribution is 7.89. The second kappa shape index (κ2) is 7.01. The van der Waals surface area contributed by atoms with Crippen molar-refractivity contribution in [3.05, 3.63) is 35.1 Å². The van der Waals surface area contributed by atoms with Crippen molar-refractivity contribution < 1.29 is 12.8 Å². The van der Waals surface area contributed by atoms with Crippen LogP contribution in [0.5, 0.6) is 0 Å². The normalized spacial score (nSPS) is 16.6. The van der Waals surface area contributed by atoms with Crippen LogP contribution in [0, 0.1) is 23.1 Å². The molecule has 0 spiro atoms. The zero-order valence-electron chi connectivity index (χ0n) is 11.8. The summed E-state index contributed by atoms with van der Waals surface area (Å²) < 4.78 is 40.2. The molecule has 1 aromatic carbocycles. The maximum atomic E-state index is 13.7. The van der Waals surface area contributed by atoms with Gasteiger partial charge in [0.1, 0.15) is 5.82 Å². The summed E-state index contributed by atoms with van der Waals surface area (Å²) in [4.78, 5) is 0. The molecule has 0 atom stereocenters. The molecule has 6 heteroatoms. The highest BCUT2D eigenvalue weighted by Crippen LogP contribution is 2.24. The van der Waals surface area contributed by atoms with Gasteiger partial charge in [-0.05, 0) is 30.9 Å². The smallest absolute Gasteiger partial charge is 0.212 e. The Morgan fingerprint density at radius 3 is 2.62 bits per heavy atom. The number of sulfonamides is 1. The summed E-state index contributed by atoms with van der Waals surface area (Å²) in [7, 11) is -3.39. The highest BCUT2D eigenvalue weighted by atomic mass is 32.2. The third-order valence-electron chi connectivity index (χ3n) is 3.84. The molecule has 0 bridgehead atoms. The first-order valence-corrected chi connectivity index (χ1v) is 8.81. The zero-order chi connectivity index (χ0) is 15.3. The summed E-state index contributed by atoms with van der Waals surface area (Å²) in [5.41, 5.74) is 0.475. The van der Waals surface area contributed by atoms with Gasteiger partial charge in [0, 0.05) is 12.1 Å². The lowest BCUT2D eigenvalue weighted by Gasteiger charge is -2.21. The molecule has 0 aromatic heterocycles. The number of halogens is 1. The van der Waals surface area contributed by atoms with E-state index in [-0.39, 0.29) is 29.3 Å². The molecule has 0 unspecified atom stereocenters. The molecule has 21 heavy (non-hydrogen) atoms. The standard InChI is InChI=1S/C15H19FN2O2S/c16-15-8-13(9-17)6-7-14(15)10-18-21(19,20)11-12-4-2-1-3-5-12/h6-8,12,18H,1-5,10-11H2. The third kappa shape index (κ3) is 4.80. The molecule has 1 aromatic rings. The Morgan fingerprint density at radius 2 is 2.00 bits per heavy atom. The molecule has 0 radical (unpaired) electrons. The van der Waals surface area contributed by atoms with Crippen LogP contribution >= 0.6 is 0 Å². The van der Waals surface area contributed by atoms with Crippen LogP contribution < -0.4 is 4.72 Å². The van der Waals surface area contributed by atoms with Gasteiger partial charge in [0.2, 0.25) is 10.0 Å². The van der Waals surface area contributed by atoms with Crippen LogP contribution in [0.4, 0.5) is 4.39 Å². The van der Waals surface area contributed by atoms with Crippen molar-refractivity contribution in [2.45, 2.75) is 38.6 Å². The molecule has 0 saturated heterocycles. The van der Waals surface area contributed by atoms with E-state index in [0.717, 1.165) is 31.7 Å². The fraction of sp³-hybridized carbons (Fsp3) is 0.533. The average molecular weight is 310 g/mol. The monoisotopic (exact) mass is 310 g/mol. The number of benzene rings is 1. The van der Waals surface area contributed by atoms with Crippen LogP contribution in [0.15, 0.2) is 18.2 Å². The molecule has 1 aliphatic carbocycles. The molecule has 0 amide bonds. The number of nitrogens with one attached hydrogen (secondary N) is 1. The van der Waals surface area contributed by atoms with E-state index < -0.39 is 15.8 Å². The Kier molecular flexibility index (Phi) is 5.32. The van der Waals surface area contributed by atoms with Crippen LogP contribution in [0.25, 0.3) is 0 Å². The predicted molar refractivity (Wildman–Crippen MR) is 78.3 cm³/mol. The van der Waals surface area contributed by atoms with Crippen molar-refractivity contribution in [1.82, 2.24) is 4.72 Å². The molecule has 0 aliphatic heterocycles. The number of hydrogen-bond acceptors (Lipinski definition) is 3. The number of nitriles is 1. The van der Waals surface area contributed by atoms with Crippen molar-refractivity contribution >= 4 is 10.0 Å². The van der Waals surface area contributed by atoms with E-state index in [0.29, 0.717) is 0 Å². The quantitative estimate of drug-likeness (QED) is 0.909. The molecule has 114 valence electrons. The van der Waals surface area contributed by atoms with Gasteiger partial charge in [-0.2, -0.15) is 5.26 Å². The summed E-state index contributed by atoms with van der Waals surface area (Å²) in [5.74, 6) is -0.235. The fourth-order valence-electron chi connectivity index (χ4n) is 2.67. The number of nitrogens with zero attached hydrogens (tertiary/aromatic N) is 1. The molecule has 4 nitrogen and oxygen atoms in total. The summed E-state index contributed by atoms with van der Waals surface area (Å²) >= 11 is 0. The lowest BCUT2D eigenvalue weighted by Crippen LogP contribution is -2.30. The van der Waals surface area contributed by atoms with Gasteiger partial charge in [-0.25, -0.2) is 17.5 Å². The van der Waals surface area contributed by atoms with E-state index in [9.17, 15) is 12.8 Å². The lowest BCUT2D eigenvalue weighted by atomic mass is 9.91. The second-order valence-electron chi connectivity index (χ2n) is 5.52. The van der Waals surface area contributed by atoms with Crippen molar-refractivity contribution in [2.75, 3.05) is 5.75 Å². The van der Waals surface area contributed by atoms with E-state index in [4.69, 9.17) is 5.26 Å². The summed E-state index contributed by atoms with van der Waals surface area (Å²) in [5, 5.41) is 8.67. The number of hydrogen-bond donors (Lipinski definition) is 1. The molecular weight excluding hydrogens is 291 g/mol. The molecule has 1 N–H and O–H groups in total. The van der Waals surface area contributed by atoms with Crippen LogP contribution in [0.2, 0.25) is 0 Å². The Labute approximate surface area is 125 Å². The summed E-state index contributed by atoms with van der Waals surface area (Å²) in [6.07, 6.45) is 5.26. The largest absolute Gasteiger partial charge is 0.212 e. The van der Waals surface area contributed by atoms with Gasteiger partial charge in [0.25, 0.3) is 0 Å². The van der Waals surface area contributed by atoms with Gasteiger partial charge in [-0.15, -0.1) is 0 Å². The maximum absolute atomic E-state index is 13.7. The van der Waals surface area contributed by atoms with Gasteiger partial charge >= 0.3 is 0 Å². The molecular formula is C15H19FN2O2S. The minimum absolute atomic E-state index is 0.0768. The molecule has 1 aliphatic rings. The van der Waals surface area contributed by atoms with E-state index in [1.807, 2.05) is 6.07 Å². The van der Waals surface area contributed by atoms with Gasteiger partial charge < -0.3 is 0 Å². The Morgan fingerprint density at radius 1 is 1.29 bits per heavy atom. The Balaban J connectivity index is 1.93. The van der Waals surface area contributed by atoms with Gasteiger partial charge in [-0.3, -0.25) is 0 Å². The first kappa shape index (κ1) is 15.9. The van der Waals surface area contributed by atoms with E-state index in [1.165, 1.54) is 18.6 Å². The van der Waals surface area contributed by atoms with Crippen molar-refractivity contribution in [1.29, 1.82) is 5.26 Å². The fourth-order valence-corrected chi connectivity index (χ4v) is 4.12. The topological polar surface area (TPSA) is 70.0 Å². The van der Waals surface area contributed by atoms with Crippen molar-refractivity contribution in [3.8, 4) is 6.07 Å². The van der Waals surface area contributed by atoms with E-state index in [2.05, 4.69) is 4.72 Å². The zero-order valence-corrected chi connectivity index (χ0v) is 12.6. The minimum atomic E-state index is -3.39. The second-order valence-corrected chi connectivity index (χ2v) is 7.38. The molecule has 1 saturated carbocycles. The lowest BCUT2D eigenvalue weighted by molar-refractivity contribution is 0.384. The van der Waals surface area contributed by atoms with Crippen LogP contribution in [-0.2, 0) is 16.6 Å². The van der Waals surface area contributed by atoms with E-state index in [1.54, 1.807) is 0 Å². The van der Waals surface area contributed by atoms with Crippen molar-refractivity contribution in [3.63, 3.8) is 0 Å². The van der Waals surface area contributed by atoms with Gasteiger partial charge in [-0.1, -0.05) is 25.3 Å².